The highest BCUT2D eigenvalue weighted by atomic mass is 32.1. The fourth-order valence-electron chi connectivity index (χ4n) is 1.99. The van der Waals surface area contributed by atoms with Gasteiger partial charge < -0.3 is 5.73 Å². The Morgan fingerprint density at radius 1 is 1.44 bits per heavy atom. The minimum atomic E-state index is -0.229. The van der Waals surface area contributed by atoms with Gasteiger partial charge in [0, 0.05) is 22.9 Å². The fourth-order valence-corrected chi connectivity index (χ4v) is 3.25. The summed E-state index contributed by atoms with van der Waals surface area (Å²) >= 11 is 1.62. The molecule has 0 spiro atoms. The molecule has 1 heterocycles. The van der Waals surface area contributed by atoms with Crippen LogP contribution < -0.4 is 5.73 Å². The third-order valence-corrected chi connectivity index (χ3v) is 4.42. The zero-order valence-electron chi connectivity index (χ0n) is 10.6. The van der Waals surface area contributed by atoms with Crippen LogP contribution in [0, 0.1) is 12.7 Å². The van der Waals surface area contributed by atoms with Crippen molar-refractivity contribution < 1.29 is 4.39 Å². The number of aromatic nitrogens is 1. The standard InChI is InChI=1S/C14H17FN2S/c1-3-10(8-16)13-9(2)17-14(18-13)11-5-4-6-12(15)7-11/h4-7,10H,3,8,16H2,1-2H3. The summed E-state index contributed by atoms with van der Waals surface area (Å²) in [6, 6.07) is 6.56. The number of hydrogen-bond acceptors (Lipinski definition) is 3. The lowest BCUT2D eigenvalue weighted by molar-refractivity contribution is 0.628. The van der Waals surface area contributed by atoms with Crippen LogP contribution in [0.5, 0.6) is 0 Å². The lowest BCUT2D eigenvalue weighted by atomic mass is 10.0. The molecular weight excluding hydrogens is 247 g/mol. The quantitative estimate of drug-likeness (QED) is 0.914. The van der Waals surface area contributed by atoms with Crippen molar-refractivity contribution in [2.24, 2.45) is 5.73 Å². The first-order chi connectivity index (χ1) is 8.65. The maximum Gasteiger partial charge on any atom is 0.123 e. The summed E-state index contributed by atoms with van der Waals surface area (Å²) in [5, 5.41) is 0.869. The largest absolute Gasteiger partial charge is 0.330 e. The Labute approximate surface area is 111 Å². The van der Waals surface area contributed by atoms with Crippen LogP contribution >= 0.6 is 11.3 Å². The average Bonchev–Trinajstić information content (AvgIpc) is 2.74. The number of nitrogens with two attached hydrogens (primary N) is 1. The molecule has 2 nitrogen and oxygen atoms in total. The Morgan fingerprint density at radius 2 is 2.22 bits per heavy atom. The van der Waals surface area contributed by atoms with Crippen LogP contribution in [0.15, 0.2) is 24.3 Å². The zero-order chi connectivity index (χ0) is 13.1. The van der Waals surface area contributed by atoms with Gasteiger partial charge in [-0.25, -0.2) is 9.37 Å². The van der Waals surface area contributed by atoms with Crippen LogP contribution in [0.3, 0.4) is 0 Å². The Kier molecular flexibility index (Phi) is 4.09. The molecule has 96 valence electrons. The molecule has 1 aromatic heterocycles. The number of nitrogens with zero attached hydrogens (tertiary/aromatic N) is 1. The van der Waals surface area contributed by atoms with Crippen LogP contribution in [0.25, 0.3) is 10.6 Å². The SMILES string of the molecule is CCC(CN)c1sc(-c2cccc(F)c2)nc1C. The van der Waals surface area contributed by atoms with Crippen LogP contribution in [0.1, 0.15) is 29.8 Å². The van der Waals surface area contributed by atoms with Crippen LogP contribution in [0.4, 0.5) is 4.39 Å². The van der Waals surface area contributed by atoms with Crippen molar-refractivity contribution >= 4 is 11.3 Å². The number of benzene rings is 1. The smallest absolute Gasteiger partial charge is 0.123 e. The maximum absolute atomic E-state index is 13.2. The van der Waals surface area contributed by atoms with Gasteiger partial charge in [-0.2, -0.15) is 0 Å². The molecule has 2 N–H and O–H groups in total. The van der Waals surface area contributed by atoms with E-state index in [0.717, 1.165) is 22.7 Å². The number of halogens is 1. The Balaban J connectivity index is 2.39. The molecular formula is C14H17FN2S. The van der Waals surface area contributed by atoms with Gasteiger partial charge in [0.1, 0.15) is 10.8 Å². The van der Waals surface area contributed by atoms with Gasteiger partial charge in [0.2, 0.25) is 0 Å². The summed E-state index contributed by atoms with van der Waals surface area (Å²) in [4.78, 5) is 5.76. The first kappa shape index (κ1) is 13.2. The van der Waals surface area contributed by atoms with Crippen molar-refractivity contribution in [3.63, 3.8) is 0 Å². The summed E-state index contributed by atoms with van der Waals surface area (Å²) in [5.41, 5.74) is 7.62. The van der Waals surface area contributed by atoms with Gasteiger partial charge in [-0.05, 0) is 25.5 Å². The average molecular weight is 264 g/mol. The molecule has 1 unspecified atom stereocenters. The second-order valence-electron chi connectivity index (χ2n) is 4.32. The third-order valence-electron chi connectivity index (χ3n) is 3.05. The van der Waals surface area contributed by atoms with Gasteiger partial charge in [0.15, 0.2) is 0 Å². The predicted octanol–water partition coefficient (Wildman–Crippen LogP) is 3.71. The first-order valence-electron chi connectivity index (χ1n) is 6.09. The highest BCUT2D eigenvalue weighted by Crippen LogP contribution is 2.33. The van der Waals surface area contributed by atoms with Gasteiger partial charge >= 0.3 is 0 Å². The molecule has 0 saturated heterocycles. The summed E-state index contributed by atoms with van der Waals surface area (Å²) in [6.45, 7) is 4.74. The van der Waals surface area contributed by atoms with Gasteiger partial charge in [-0.15, -0.1) is 11.3 Å². The van der Waals surface area contributed by atoms with E-state index >= 15 is 0 Å². The lowest BCUT2D eigenvalue weighted by Crippen LogP contribution is -2.11. The third kappa shape index (κ3) is 2.60. The van der Waals surface area contributed by atoms with Crippen molar-refractivity contribution in [1.29, 1.82) is 0 Å². The van der Waals surface area contributed by atoms with Crippen molar-refractivity contribution in [2.45, 2.75) is 26.2 Å². The van der Waals surface area contributed by atoms with Gasteiger partial charge in [0.05, 0.1) is 5.69 Å². The summed E-state index contributed by atoms with van der Waals surface area (Å²) in [5.74, 6) is 0.123. The molecule has 1 atom stereocenters. The maximum atomic E-state index is 13.2. The topological polar surface area (TPSA) is 38.9 Å². The number of rotatable bonds is 4. The van der Waals surface area contributed by atoms with E-state index in [-0.39, 0.29) is 5.82 Å². The normalized spacial score (nSPS) is 12.7. The summed E-state index contributed by atoms with van der Waals surface area (Å²) in [6.07, 6.45) is 1.00. The Hall–Kier alpha value is -1.26. The van der Waals surface area contributed by atoms with E-state index in [4.69, 9.17) is 5.73 Å². The number of aryl methyl sites for hydroxylation is 1. The minimum Gasteiger partial charge on any atom is -0.330 e. The van der Waals surface area contributed by atoms with Crippen LogP contribution in [0.2, 0.25) is 0 Å². The van der Waals surface area contributed by atoms with Crippen molar-refractivity contribution in [3.05, 3.63) is 40.7 Å². The van der Waals surface area contributed by atoms with Crippen molar-refractivity contribution in [2.75, 3.05) is 6.54 Å². The molecule has 0 fully saturated rings. The Morgan fingerprint density at radius 3 is 2.83 bits per heavy atom. The molecule has 0 radical (unpaired) electrons. The van der Waals surface area contributed by atoms with Gasteiger partial charge in [0.25, 0.3) is 0 Å². The van der Waals surface area contributed by atoms with E-state index in [0.29, 0.717) is 12.5 Å². The molecule has 0 aliphatic rings. The van der Waals surface area contributed by atoms with E-state index in [1.165, 1.54) is 17.0 Å². The minimum absolute atomic E-state index is 0.229. The molecule has 0 aliphatic heterocycles. The first-order valence-corrected chi connectivity index (χ1v) is 6.90. The van der Waals surface area contributed by atoms with Crippen molar-refractivity contribution in [3.8, 4) is 10.6 Å². The monoisotopic (exact) mass is 264 g/mol. The van der Waals surface area contributed by atoms with Gasteiger partial charge in [-0.1, -0.05) is 19.1 Å². The molecule has 2 rings (SSSR count). The second-order valence-corrected chi connectivity index (χ2v) is 5.35. The molecule has 0 bridgehead atoms. The highest BCUT2D eigenvalue weighted by molar-refractivity contribution is 7.15. The van der Waals surface area contributed by atoms with Crippen LogP contribution in [-0.2, 0) is 0 Å². The molecule has 18 heavy (non-hydrogen) atoms. The molecule has 0 amide bonds. The van der Waals surface area contributed by atoms with E-state index in [1.54, 1.807) is 17.4 Å². The number of thiazole rings is 1. The van der Waals surface area contributed by atoms with E-state index in [1.807, 2.05) is 13.0 Å². The molecule has 0 saturated carbocycles. The van der Waals surface area contributed by atoms with E-state index < -0.39 is 0 Å². The molecule has 0 aliphatic carbocycles. The van der Waals surface area contributed by atoms with Crippen molar-refractivity contribution in [1.82, 2.24) is 4.98 Å². The number of hydrogen-bond donors (Lipinski definition) is 1. The summed E-state index contributed by atoms with van der Waals surface area (Å²) in [7, 11) is 0. The zero-order valence-corrected chi connectivity index (χ0v) is 11.4. The molecule has 2 aromatic rings. The summed E-state index contributed by atoms with van der Waals surface area (Å²) < 4.78 is 13.2. The predicted molar refractivity (Wildman–Crippen MR) is 74.3 cm³/mol. The Bertz CT molecular complexity index is 532. The molecule has 1 aromatic carbocycles. The van der Waals surface area contributed by atoms with E-state index in [2.05, 4.69) is 11.9 Å². The molecule has 4 heteroatoms. The van der Waals surface area contributed by atoms with Gasteiger partial charge in [-0.3, -0.25) is 0 Å². The lowest BCUT2D eigenvalue weighted by Gasteiger charge is -2.09. The van der Waals surface area contributed by atoms with Crippen LogP contribution in [-0.4, -0.2) is 11.5 Å². The highest BCUT2D eigenvalue weighted by Gasteiger charge is 2.16. The fraction of sp³-hybridized carbons (Fsp3) is 0.357. The second kappa shape index (κ2) is 5.59. The van der Waals surface area contributed by atoms with E-state index in [9.17, 15) is 4.39 Å².